The molecule has 0 N–H and O–H groups in total. The van der Waals surface area contributed by atoms with Crippen molar-refractivity contribution in [2.24, 2.45) is 0 Å². The van der Waals surface area contributed by atoms with Crippen molar-refractivity contribution in [3.05, 3.63) is 25.9 Å². The summed E-state index contributed by atoms with van der Waals surface area (Å²) < 4.78 is 5.34. The van der Waals surface area contributed by atoms with Gasteiger partial charge in [-0.2, -0.15) is 5.26 Å². The zero-order valence-electron chi connectivity index (χ0n) is 7.58. The Kier molecular flexibility index (Phi) is 4.15. The van der Waals surface area contributed by atoms with Gasteiger partial charge in [-0.05, 0) is 12.1 Å². The molecule has 0 aliphatic heterocycles. The Morgan fingerprint density at radius 3 is 2.73 bits per heavy atom. The predicted octanol–water partition coefficient (Wildman–Crippen LogP) is 3.13. The number of ether oxygens (including phenoxy) is 1. The number of hydrogen-bond donors (Lipinski definition) is 0. The standard InChI is InChI=1S/C9H5Cl2NO2S/c1-14-9(13)6(4-12)2-5-3-7(10)15-8(5)11/h2-3H,1H3/b6-2+. The Balaban J connectivity index is 3.10. The van der Waals surface area contributed by atoms with Crippen LogP contribution in [0.25, 0.3) is 6.08 Å². The Morgan fingerprint density at radius 2 is 2.33 bits per heavy atom. The van der Waals surface area contributed by atoms with Gasteiger partial charge in [0, 0.05) is 5.56 Å². The van der Waals surface area contributed by atoms with Gasteiger partial charge < -0.3 is 4.74 Å². The number of halogens is 2. The number of hydrogen-bond acceptors (Lipinski definition) is 4. The second kappa shape index (κ2) is 5.17. The molecule has 0 fully saturated rings. The van der Waals surface area contributed by atoms with E-state index >= 15 is 0 Å². The fourth-order valence-electron chi connectivity index (χ4n) is 0.854. The van der Waals surface area contributed by atoms with Crippen LogP contribution < -0.4 is 0 Å². The van der Waals surface area contributed by atoms with Gasteiger partial charge in [0.1, 0.15) is 16.0 Å². The van der Waals surface area contributed by atoms with Gasteiger partial charge in [-0.3, -0.25) is 0 Å². The lowest BCUT2D eigenvalue weighted by atomic mass is 10.2. The third-order valence-corrected chi connectivity index (χ3v) is 3.03. The van der Waals surface area contributed by atoms with Crippen LogP contribution in [0.15, 0.2) is 11.6 Å². The van der Waals surface area contributed by atoms with Gasteiger partial charge in [0.05, 0.1) is 11.4 Å². The van der Waals surface area contributed by atoms with Crippen LogP contribution in [0.1, 0.15) is 5.56 Å². The van der Waals surface area contributed by atoms with Gasteiger partial charge in [0.15, 0.2) is 0 Å². The molecule has 1 aromatic rings. The van der Waals surface area contributed by atoms with Crippen LogP contribution in [0, 0.1) is 11.3 Å². The smallest absolute Gasteiger partial charge is 0.348 e. The fourth-order valence-corrected chi connectivity index (χ4v) is 2.27. The van der Waals surface area contributed by atoms with Crippen LogP contribution in [0.5, 0.6) is 0 Å². The Bertz CT molecular complexity index is 459. The van der Waals surface area contributed by atoms with E-state index in [0.29, 0.717) is 14.2 Å². The minimum atomic E-state index is -0.698. The molecule has 1 rings (SSSR count). The summed E-state index contributed by atoms with van der Waals surface area (Å²) in [6.07, 6.45) is 1.34. The third-order valence-electron chi connectivity index (χ3n) is 1.51. The number of carbonyl (C=O) groups excluding carboxylic acids is 1. The van der Waals surface area contributed by atoms with Crippen molar-refractivity contribution in [2.45, 2.75) is 0 Å². The molecule has 0 radical (unpaired) electrons. The molecule has 0 aliphatic carbocycles. The molecule has 0 unspecified atom stereocenters. The number of methoxy groups -OCH3 is 1. The van der Waals surface area contributed by atoms with Crippen molar-refractivity contribution in [1.82, 2.24) is 0 Å². The van der Waals surface area contributed by atoms with Crippen molar-refractivity contribution < 1.29 is 9.53 Å². The lowest BCUT2D eigenvalue weighted by Gasteiger charge is -1.95. The summed E-state index contributed by atoms with van der Waals surface area (Å²) in [7, 11) is 1.20. The first kappa shape index (κ1) is 12.1. The molecule has 0 atom stereocenters. The SMILES string of the molecule is COC(=O)/C(C#N)=C/c1cc(Cl)sc1Cl. The second-order valence-electron chi connectivity index (χ2n) is 2.44. The van der Waals surface area contributed by atoms with Gasteiger partial charge in [-0.15, -0.1) is 11.3 Å². The zero-order chi connectivity index (χ0) is 11.4. The van der Waals surface area contributed by atoms with Crippen molar-refractivity contribution in [2.75, 3.05) is 7.11 Å². The van der Waals surface area contributed by atoms with Crippen LogP contribution in [-0.4, -0.2) is 13.1 Å². The summed E-state index contributed by atoms with van der Waals surface area (Å²) >= 11 is 12.7. The Labute approximate surface area is 100 Å². The third kappa shape index (κ3) is 2.96. The number of carbonyl (C=O) groups is 1. The maximum atomic E-state index is 11.1. The first-order valence-electron chi connectivity index (χ1n) is 3.73. The predicted molar refractivity (Wildman–Crippen MR) is 59.9 cm³/mol. The molecule has 1 aromatic heterocycles. The number of nitrogens with zero attached hydrogens (tertiary/aromatic N) is 1. The van der Waals surface area contributed by atoms with E-state index in [4.69, 9.17) is 28.5 Å². The fraction of sp³-hybridized carbons (Fsp3) is 0.111. The lowest BCUT2D eigenvalue weighted by Crippen LogP contribution is -2.02. The van der Waals surface area contributed by atoms with E-state index in [1.807, 2.05) is 0 Å². The summed E-state index contributed by atoms with van der Waals surface area (Å²) in [5.74, 6) is -0.698. The maximum Gasteiger partial charge on any atom is 0.348 e. The van der Waals surface area contributed by atoms with Crippen LogP contribution >= 0.6 is 34.5 Å². The van der Waals surface area contributed by atoms with Crippen molar-refractivity contribution in [3.63, 3.8) is 0 Å². The molecule has 0 amide bonds. The number of thiophene rings is 1. The lowest BCUT2D eigenvalue weighted by molar-refractivity contribution is -0.135. The molecule has 6 heteroatoms. The molecule has 78 valence electrons. The quantitative estimate of drug-likeness (QED) is 0.467. The highest BCUT2D eigenvalue weighted by Crippen LogP contribution is 2.32. The molecule has 0 aliphatic rings. The van der Waals surface area contributed by atoms with Gasteiger partial charge in [-0.25, -0.2) is 4.79 Å². The second-order valence-corrected chi connectivity index (χ2v) is 4.73. The topological polar surface area (TPSA) is 50.1 Å². The largest absolute Gasteiger partial charge is 0.465 e. The van der Waals surface area contributed by atoms with E-state index in [1.54, 1.807) is 12.1 Å². The highest BCUT2D eigenvalue weighted by atomic mass is 35.5. The molecule has 3 nitrogen and oxygen atoms in total. The molecule has 15 heavy (non-hydrogen) atoms. The van der Waals surface area contributed by atoms with Crippen molar-refractivity contribution in [3.8, 4) is 6.07 Å². The monoisotopic (exact) mass is 261 g/mol. The number of esters is 1. The summed E-state index contributed by atoms with van der Waals surface area (Å²) in [5, 5.41) is 8.69. The van der Waals surface area contributed by atoms with Crippen LogP contribution in [0.2, 0.25) is 8.67 Å². The van der Waals surface area contributed by atoms with E-state index in [9.17, 15) is 4.79 Å². The molecule has 0 saturated carbocycles. The number of nitriles is 1. The summed E-state index contributed by atoms with van der Waals surface area (Å²) in [6, 6.07) is 3.31. The van der Waals surface area contributed by atoms with Gasteiger partial charge >= 0.3 is 5.97 Å². The van der Waals surface area contributed by atoms with E-state index in [1.165, 1.54) is 24.5 Å². The number of rotatable bonds is 2. The first-order chi connectivity index (χ1) is 7.08. The normalized spacial score (nSPS) is 10.9. The highest BCUT2D eigenvalue weighted by Gasteiger charge is 2.11. The molecule has 0 bridgehead atoms. The average molecular weight is 262 g/mol. The minimum Gasteiger partial charge on any atom is -0.465 e. The van der Waals surface area contributed by atoms with E-state index in [-0.39, 0.29) is 5.57 Å². The van der Waals surface area contributed by atoms with Crippen molar-refractivity contribution in [1.29, 1.82) is 5.26 Å². The highest BCUT2D eigenvalue weighted by molar-refractivity contribution is 7.20. The van der Waals surface area contributed by atoms with Gasteiger partial charge in [-0.1, -0.05) is 23.2 Å². The van der Waals surface area contributed by atoms with E-state index in [0.717, 1.165) is 0 Å². The van der Waals surface area contributed by atoms with Crippen LogP contribution in [0.4, 0.5) is 0 Å². The summed E-state index contributed by atoms with van der Waals surface area (Å²) in [4.78, 5) is 11.1. The molecule has 0 aromatic carbocycles. The summed E-state index contributed by atoms with van der Waals surface area (Å²) in [6.45, 7) is 0. The minimum absolute atomic E-state index is 0.117. The molecular formula is C9H5Cl2NO2S. The van der Waals surface area contributed by atoms with E-state index in [2.05, 4.69) is 4.74 Å². The van der Waals surface area contributed by atoms with Gasteiger partial charge in [0.2, 0.25) is 0 Å². The molecule has 0 saturated heterocycles. The molecule has 0 spiro atoms. The zero-order valence-corrected chi connectivity index (χ0v) is 9.91. The average Bonchev–Trinajstić information content (AvgIpc) is 2.52. The van der Waals surface area contributed by atoms with E-state index < -0.39 is 5.97 Å². The molecular weight excluding hydrogens is 257 g/mol. The molecule has 1 heterocycles. The Morgan fingerprint density at radius 1 is 1.67 bits per heavy atom. The van der Waals surface area contributed by atoms with Gasteiger partial charge in [0.25, 0.3) is 0 Å². The maximum absolute atomic E-state index is 11.1. The first-order valence-corrected chi connectivity index (χ1v) is 5.30. The van der Waals surface area contributed by atoms with Crippen molar-refractivity contribution >= 4 is 46.6 Å². The van der Waals surface area contributed by atoms with Crippen LogP contribution in [0.3, 0.4) is 0 Å². The Hall–Kier alpha value is -1.02. The summed E-state index contributed by atoms with van der Waals surface area (Å²) in [5.41, 5.74) is 0.419. The van der Waals surface area contributed by atoms with Crippen LogP contribution in [-0.2, 0) is 9.53 Å².